The molecular weight excluding hydrogens is 446 g/mol. The molecule has 1 aromatic carbocycles. The highest BCUT2D eigenvalue weighted by Gasteiger charge is 2.30. The Labute approximate surface area is 206 Å². The number of carbonyl (C=O) groups is 2. The first-order valence-corrected chi connectivity index (χ1v) is 12.9. The van der Waals surface area contributed by atoms with Gasteiger partial charge >= 0.3 is 6.09 Å². The first kappa shape index (κ1) is 23.7. The van der Waals surface area contributed by atoms with Crippen LogP contribution in [0.1, 0.15) is 53.5 Å². The van der Waals surface area contributed by atoms with Crippen molar-refractivity contribution in [2.24, 2.45) is 0 Å². The molecule has 1 N–H and O–H groups in total. The van der Waals surface area contributed by atoms with E-state index in [0.29, 0.717) is 38.5 Å². The second-order valence-electron chi connectivity index (χ2n) is 9.60. The third kappa shape index (κ3) is 5.45. The molecule has 5 rings (SSSR count). The number of piperazine rings is 1. The van der Waals surface area contributed by atoms with Crippen LogP contribution in [0, 0.1) is 0 Å². The largest absolute Gasteiger partial charge is 0.490 e. The zero-order valence-corrected chi connectivity index (χ0v) is 20.5. The molecule has 2 amide bonds. The quantitative estimate of drug-likeness (QED) is 0.682. The van der Waals surface area contributed by atoms with E-state index in [1.54, 1.807) is 4.90 Å². The van der Waals surface area contributed by atoms with Crippen LogP contribution in [-0.4, -0.2) is 88.9 Å². The van der Waals surface area contributed by atoms with Crippen molar-refractivity contribution < 1.29 is 19.1 Å². The van der Waals surface area contributed by atoms with Gasteiger partial charge < -0.3 is 19.3 Å². The van der Waals surface area contributed by atoms with Gasteiger partial charge in [-0.2, -0.15) is 5.10 Å². The summed E-state index contributed by atoms with van der Waals surface area (Å²) in [6.07, 6.45) is 4.56. The molecule has 3 aliphatic rings. The second-order valence-corrected chi connectivity index (χ2v) is 9.60. The van der Waals surface area contributed by atoms with Crippen molar-refractivity contribution in [1.29, 1.82) is 0 Å². The molecule has 0 bridgehead atoms. The number of nitrogens with one attached hydrogen (secondary N) is 1. The lowest BCUT2D eigenvalue weighted by Crippen LogP contribution is -2.48. The number of rotatable bonds is 6. The molecule has 2 fully saturated rings. The number of piperidine rings is 1. The predicted molar refractivity (Wildman–Crippen MR) is 130 cm³/mol. The molecule has 2 aliphatic heterocycles. The number of nitrogens with zero attached hydrogens (tertiary/aromatic N) is 4. The molecule has 9 nitrogen and oxygen atoms in total. The molecule has 1 aromatic heterocycles. The van der Waals surface area contributed by atoms with Gasteiger partial charge in [-0.15, -0.1) is 0 Å². The molecule has 0 saturated carbocycles. The topological polar surface area (TPSA) is 91.0 Å². The van der Waals surface area contributed by atoms with Crippen LogP contribution in [0.15, 0.2) is 24.3 Å². The monoisotopic (exact) mass is 481 g/mol. The highest BCUT2D eigenvalue weighted by molar-refractivity contribution is 5.94. The first-order chi connectivity index (χ1) is 17.1. The number of fused-ring (bicyclic) bond motifs is 1. The number of carbonyl (C=O) groups excluding carboxylic acids is 2. The zero-order valence-electron chi connectivity index (χ0n) is 20.5. The van der Waals surface area contributed by atoms with E-state index in [-0.39, 0.29) is 18.1 Å². The van der Waals surface area contributed by atoms with Crippen LogP contribution in [0.3, 0.4) is 0 Å². The number of benzene rings is 1. The van der Waals surface area contributed by atoms with Crippen LogP contribution in [0.5, 0.6) is 5.75 Å². The van der Waals surface area contributed by atoms with Crippen molar-refractivity contribution in [1.82, 2.24) is 24.9 Å². The summed E-state index contributed by atoms with van der Waals surface area (Å²) in [4.78, 5) is 30.9. The van der Waals surface area contributed by atoms with Crippen molar-refractivity contribution in [3.05, 3.63) is 46.8 Å². The van der Waals surface area contributed by atoms with Gasteiger partial charge in [-0.3, -0.25) is 14.8 Å². The van der Waals surface area contributed by atoms with Crippen molar-refractivity contribution in [3.63, 3.8) is 0 Å². The lowest BCUT2D eigenvalue weighted by atomic mass is 10.1. The number of ether oxygens (including phenoxy) is 2. The minimum Gasteiger partial charge on any atom is -0.490 e. The smallest absolute Gasteiger partial charge is 0.409 e. The van der Waals surface area contributed by atoms with Gasteiger partial charge in [0.15, 0.2) is 5.69 Å². The van der Waals surface area contributed by atoms with Gasteiger partial charge in [-0.1, -0.05) is 12.1 Å². The number of aromatic nitrogens is 2. The number of amides is 2. The molecule has 0 spiro atoms. The van der Waals surface area contributed by atoms with Gasteiger partial charge in [0.1, 0.15) is 11.9 Å². The average Bonchev–Trinajstić information content (AvgIpc) is 3.49. The fraction of sp³-hybridized carbons (Fsp3) is 0.577. The molecule has 0 atom stereocenters. The van der Waals surface area contributed by atoms with Gasteiger partial charge in [0, 0.05) is 69.9 Å². The zero-order chi connectivity index (χ0) is 24.2. The summed E-state index contributed by atoms with van der Waals surface area (Å²) in [6.45, 7) is 7.48. The summed E-state index contributed by atoms with van der Waals surface area (Å²) in [6, 6.07) is 8.28. The lowest BCUT2D eigenvalue weighted by molar-refractivity contribution is 0.0589. The number of aromatic amines is 1. The molecule has 0 unspecified atom stereocenters. The Balaban J connectivity index is 1.09. The standard InChI is InChI=1S/C26H35N5O4/c1-2-34-26(33)31-15-13-29(14-16-31)18-19-5-3-6-21(17-19)35-20-9-11-30(12-10-20)25(32)24-22-7-4-8-23(22)27-28-24/h3,5-6,17,20H,2,4,7-16,18H2,1H3,(H,27,28). The third-order valence-electron chi connectivity index (χ3n) is 7.24. The molecule has 2 saturated heterocycles. The fourth-order valence-corrected chi connectivity index (χ4v) is 5.29. The van der Waals surface area contributed by atoms with E-state index < -0.39 is 0 Å². The summed E-state index contributed by atoms with van der Waals surface area (Å²) in [5.41, 5.74) is 4.07. The SMILES string of the molecule is CCOC(=O)N1CCN(Cc2cccc(OC3CCN(C(=O)c4n[nH]c5c4CCC5)CC3)c2)CC1. The highest BCUT2D eigenvalue weighted by atomic mass is 16.6. The van der Waals surface area contributed by atoms with Crippen molar-refractivity contribution in [2.45, 2.75) is 51.7 Å². The van der Waals surface area contributed by atoms with Crippen LogP contribution < -0.4 is 4.74 Å². The summed E-state index contributed by atoms with van der Waals surface area (Å²) >= 11 is 0. The minimum atomic E-state index is -0.219. The normalized spacial score (nSPS) is 19.0. The number of hydrogen-bond acceptors (Lipinski definition) is 6. The van der Waals surface area contributed by atoms with Gasteiger partial charge in [-0.05, 0) is 43.9 Å². The minimum absolute atomic E-state index is 0.0490. The van der Waals surface area contributed by atoms with E-state index in [9.17, 15) is 9.59 Å². The first-order valence-electron chi connectivity index (χ1n) is 12.9. The Morgan fingerprint density at radius 2 is 1.86 bits per heavy atom. The van der Waals surface area contributed by atoms with Crippen LogP contribution in [0.4, 0.5) is 4.79 Å². The molecule has 2 aromatic rings. The van der Waals surface area contributed by atoms with Crippen molar-refractivity contribution in [2.75, 3.05) is 45.9 Å². The van der Waals surface area contributed by atoms with E-state index in [1.807, 2.05) is 24.0 Å². The Hall–Kier alpha value is -3.07. The summed E-state index contributed by atoms with van der Waals surface area (Å²) < 4.78 is 11.4. The van der Waals surface area contributed by atoms with Crippen molar-refractivity contribution >= 4 is 12.0 Å². The molecular formula is C26H35N5O4. The Morgan fingerprint density at radius 1 is 1.06 bits per heavy atom. The highest BCUT2D eigenvalue weighted by Crippen LogP contribution is 2.26. The Kier molecular flexibility index (Phi) is 7.22. The summed E-state index contributed by atoms with van der Waals surface area (Å²) in [5.74, 6) is 0.926. The number of hydrogen-bond donors (Lipinski definition) is 1. The number of likely N-dealkylation sites (tertiary alicyclic amines) is 1. The van der Waals surface area contributed by atoms with E-state index in [1.165, 1.54) is 5.56 Å². The Bertz CT molecular complexity index is 1040. The molecule has 188 valence electrons. The number of aryl methyl sites for hydroxylation is 1. The third-order valence-corrected chi connectivity index (χ3v) is 7.24. The van der Waals surface area contributed by atoms with E-state index in [2.05, 4.69) is 27.2 Å². The molecule has 0 radical (unpaired) electrons. The van der Waals surface area contributed by atoms with Crippen LogP contribution >= 0.6 is 0 Å². The fourth-order valence-electron chi connectivity index (χ4n) is 5.29. The Morgan fingerprint density at radius 3 is 2.63 bits per heavy atom. The average molecular weight is 482 g/mol. The van der Waals surface area contributed by atoms with Gasteiger partial charge in [0.25, 0.3) is 5.91 Å². The van der Waals surface area contributed by atoms with E-state index >= 15 is 0 Å². The molecule has 9 heteroatoms. The maximum Gasteiger partial charge on any atom is 0.409 e. The maximum atomic E-state index is 13.0. The summed E-state index contributed by atoms with van der Waals surface area (Å²) in [5, 5.41) is 7.35. The van der Waals surface area contributed by atoms with Crippen LogP contribution in [-0.2, 0) is 24.1 Å². The lowest BCUT2D eigenvalue weighted by Gasteiger charge is -2.34. The van der Waals surface area contributed by atoms with Gasteiger partial charge in [0.2, 0.25) is 0 Å². The number of H-pyrrole nitrogens is 1. The molecule has 3 heterocycles. The molecule has 1 aliphatic carbocycles. The van der Waals surface area contributed by atoms with Crippen LogP contribution in [0.25, 0.3) is 0 Å². The van der Waals surface area contributed by atoms with Crippen LogP contribution in [0.2, 0.25) is 0 Å². The predicted octanol–water partition coefficient (Wildman–Crippen LogP) is 2.86. The van der Waals surface area contributed by atoms with Gasteiger partial charge in [0.05, 0.1) is 6.61 Å². The van der Waals surface area contributed by atoms with E-state index in [0.717, 1.165) is 68.7 Å². The molecule has 35 heavy (non-hydrogen) atoms. The summed E-state index contributed by atoms with van der Waals surface area (Å²) in [7, 11) is 0. The second kappa shape index (κ2) is 10.7. The van der Waals surface area contributed by atoms with Gasteiger partial charge in [-0.25, -0.2) is 4.79 Å². The maximum absolute atomic E-state index is 13.0. The van der Waals surface area contributed by atoms with E-state index in [4.69, 9.17) is 9.47 Å². The van der Waals surface area contributed by atoms with Crippen molar-refractivity contribution in [3.8, 4) is 5.75 Å².